The maximum atomic E-state index is 13.0. The Bertz CT molecular complexity index is 1010. The van der Waals surface area contributed by atoms with E-state index in [0.29, 0.717) is 22.0 Å². The highest BCUT2D eigenvalue weighted by molar-refractivity contribution is 6.42. The number of carbonyl (C=O) groups is 1. The Labute approximate surface area is 166 Å². The summed E-state index contributed by atoms with van der Waals surface area (Å²) >= 11 is 12.5. The van der Waals surface area contributed by atoms with Gasteiger partial charge in [-0.15, -0.1) is 0 Å². The average Bonchev–Trinajstić information content (AvgIpc) is 2.64. The summed E-state index contributed by atoms with van der Waals surface area (Å²) in [5.74, 6) is -0.980. The summed E-state index contributed by atoms with van der Waals surface area (Å²) in [5.41, 5.74) is 7.36. The number of nitrogens with two attached hydrogens (primary N) is 1. The van der Waals surface area contributed by atoms with Crippen LogP contribution in [0.2, 0.25) is 10.0 Å². The Balaban J connectivity index is 2.12. The van der Waals surface area contributed by atoms with Crippen LogP contribution in [0.1, 0.15) is 18.4 Å². The first-order chi connectivity index (χ1) is 12.9. The van der Waals surface area contributed by atoms with E-state index in [1.807, 2.05) is 12.1 Å². The predicted octanol–water partition coefficient (Wildman–Crippen LogP) is 4.71. The van der Waals surface area contributed by atoms with Gasteiger partial charge in [0.1, 0.15) is 17.4 Å². The molecule has 5 nitrogen and oxygen atoms in total. The molecule has 3 N–H and O–H groups in total. The Hall–Kier alpha value is -2.94. The fraction of sp³-hybridized carbons (Fsp3) is 0.100. The molecule has 0 spiro atoms. The number of para-hydroxylation sites is 1. The van der Waals surface area contributed by atoms with Crippen molar-refractivity contribution in [2.24, 2.45) is 5.73 Å². The van der Waals surface area contributed by atoms with Gasteiger partial charge in [-0.2, -0.15) is 5.26 Å². The van der Waals surface area contributed by atoms with Crippen molar-refractivity contribution in [2.75, 3.05) is 5.32 Å². The Kier molecular flexibility index (Phi) is 5.41. The van der Waals surface area contributed by atoms with Crippen LogP contribution in [0.25, 0.3) is 0 Å². The minimum Gasteiger partial charge on any atom is -0.445 e. The third kappa shape index (κ3) is 3.63. The van der Waals surface area contributed by atoms with Crippen LogP contribution >= 0.6 is 23.2 Å². The fourth-order valence-corrected chi connectivity index (χ4v) is 3.37. The molecule has 136 valence electrons. The fourth-order valence-electron chi connectivity index (χ4n) is 2.95. The summed E-state index contributed by atoms with van der Waals surface area (Å²) in [6, 6.07) is 16.0. The zero-order chi connectivity index (χ0) is 19.6. The molecule has 0 radical (unpaired) electrons. The summed E-state index contributed by atoms with van der Waals surface area (Å²) in [5, 5.41) is 13.0. The first-order valence-corrected chi connectivity index (χ1v) is 8.78. The van der Waals surface area contributed by atoms with E-state index in [1.54, 1.807) is 49.4 Å². The molecular formula is C20H15Cl2N3O2. The second kappa shape index (κ2) is 7.75. The van der Waals surface area contributed by atoms with E-state index >= 15 is 0 Å². The SMILES string of the molecule is CC1=C(C(=O)Nc2ccccc2)[C@@H](c2cccc(Cl)c2Cl)C(C#N)=C(N)O1. The van der Waals surface area contributed by atoms with Gasteiger partial charge in [-0.1, -0.05) is 53.5 Å². The topological polar surface area (TPSA) is 88.1 Å². The minimum atomic E-state index is -0.793. The van der Waals surface area contributed by atoms with Crippen LogP contribution < -0.4 is 11.1 Å². The van der Waals surface area contributed by atoms with Gasteiger partial charge in [0.15, 0.2) is 0 Å². The van der Waals surface area contributed by atoms with Crippen LogP contribution in [0.3, 0.4) is 0 Å². The highest BCUT2D eigenvalue weighted by atomic mass is 35.5. The molecule has 0 bridgehead atoms. The molecule has 2 aromatic rings. The number of nitrogens with one attached hydrogen (secondary N) is 1. The van der Waals surface area contributed by atoms with Crippen LogP contribution in [-0.4, -0.2) is 5.91 Å². The highest BCUT2D eigenvalue weighted by Crippen LogP contribution is 2.43. The molecule has 3 rings (SSSR count). The molecule has 1 aliphatic heterocycles. The number of hydrogen-bond donors (Lipinski definition) is 2. The van der Waals surface area contributed by atoms with Crippen molar-refractivity contribution in [3.8, 4) is 6.07 Å². The normalized spacial score (nSPS) is 16.6. The van der Waals surface area contributed by atoms with Gasteiger partial charge in [-0.25, -0.2) is 0 Å². The van der Waals surface area contributed by atoms with Crippen LogP contribution in [0.15, 0.2) is 71.3 Å². The second-order valence-corrected chi connectivity index (χ2v) is 6.64. The maximum Gasteiger partial charge on any atom is 0.255 e. The predicted molar refractivity (Wildman–Crippen MR) is 105 cm³/mol. The highest BCUT2D eigenvalue weighted by Gasteiger charge is 2.36. The number of nitrogens with zero attached hydrogens (tertiary/aromatic N) is 1. The molecule has 0 unspecified atom stereocenters. The van der Waals surface area contributed by atoms with Crippen LogP contribution in [0, 0.1) is 11.3 Å². The van der Waals surface area contributed by atoms with Crippen molar-refractivity contribution in [2.45, 2.75) is 12.8 Å². The summed E-state index contributed by atoms with van der Waals surface area (Å²) < 4.78 is 5.46. The van der Waals surface area contributed by atoms with Gasteiger partial charge in [0.25, 0.3) is 5.91 Å². The third-order valence-electron chi connectivity index (χ3n) is 4.17. The van der Waals surface area contributed by atoms with Crippen molar-refractivity contribution in [1.82, 2.24) is 0 Å². The Morgan fingerprint density at radius 2 is 1.89 bits per heavy atom. The number of hydrogen-bond acceptors (Lipinski definition) is 4. The molecule has 0 aromatic heterocycles. The number of ether oxygens (including phenoxy) is 1. The molecule has 2 aromatic carbocycles. The lowest BCUT2D eigenvalue weighted by atomic mass is 9.82. The van der Waals surface area contributed by atoms with E-state index < -0.39 is 11.8 Å². The van der Waals surface area contributed by atoms with Gasteiger partial charge < -0.3 is 15.8 Å². The van der Waals surface area contributed by atoms with Gasteiger partial charge in [0.2, 0.25) is 5.88 Å². The Morgan fingerprint density at radius 1 is 1.19 bits per heavy atom. The van der Waals surface area contributed by atoms with E-state index in [-0.39, 0.29) is 22.1 Å². The number of carbonyl (C=O) groups excluding carboxylic acids is 1. The molecule has 0 aliphatic carbocycles. The lowest BCUT2D eigenvalue weighted by molar-refractivity contribution is -0.113. The van der Waals surface area contributed by atoms with Gasteiger partial charge in [-0.3, -0.25) is 4.79 Å². The summed E-state index contributed by atoms with van der Waals surface area (Å²) in [6.45, 7) is 1.62. The number of anilines is 1. The standard InChI is InChI=1S/C20H15Cl2N3O2/c1-11-16(20(26)25-12-6-3-2-4-7-12)17(14(10-23)19(24)27-11)13-8-5-9-15(21)18(13)22/h2-9,17H,24H2,1H3,(H,25,26)/t17-/m0/s1. The summed E-state index contributed by atoms with van der Waals surface area (Å²) in [7, 11) is 0. The van der Waals surface area contributed by atoms with Crippen molar-refractivity contribution in [3.63, 3.8) is 0 Å². The van der Waals surface area contributed by atoms with Crippen LogP contribution in [-0.2, 0) is 9.53 Å². The van der Waals surface area contributed by atoms with Crippen LogP contribution in [0.5, 0.6) is 0 Å². The molecule has 1 atom stereocenters. The quantitative estimate of drug-likeness (QED) is 0.781. The monoisotopic (exact) mass is 399 g/mol. The first kappa shape index (κ1) is 18.8. The largest absolute Gasteiger partial charge is 0.445 e. The molecule has 27 heavy (non-hydrogen) atoms. The van der Waals surface area contributed by atoms with Crippen molar-refractivity contribution < 1.29 is 9.53 Å². The molecule has 0 saturated carbocycles. The maximum absolute atomic E-state index is 13.0. The van der Waals surface area contributed by atoms with Gasteiger partial charge in [0.05, 0.1) is 21.5 Å². The zero-order valence-corrected chi connectivity index (χ0v) is 15.8. The summed E-state index contributed by atoms with van der Waals surface area (Å²) in [4.78, 5) is 13.0. The van der Waals surface area contributed by atoms with E-state index in [1.165, 1.54) is 0 Å². The van der Waals surface area contributed by atoms with Gasteiger partial charge in [-0.05, 0) is 30.7 Å². The number of nitriles is 1. The number of allylic oxidation sites excluding steroid dienone is 2. The number of amides is 1. The van der Waals surface area contributed by atoms with Gasteiger partial charge in [0, 0.05) is 5.69 Å². The molecule has 1 aliphatic rings. The van der Waals surface area contributed by atoms with E-state index in [4.69, 9.17) is 33.7 Å². The Morgan fingerprint density at radius 3 is 2.56 bits per heavy atom. The smallest absolute Gasteiger partial charge is 0.255 e. The number of benzene rings is 2. The van der Waals surface area contributed by atoms with E-state index in [0.717, 1.165) is 0 Å². The van der Waals surface area contributed by atoms with Crippen molar-refractivity contribution in [3.05, 3.63) is 86.9 Å². The van der Waals surface area contributed by atoms with Crippen molar-refractivity contribution in [1.29, 1.82) is 5.26 Å². The molecule has 0 saturated heterocycles. The average molecular weight is 400 g/mol. The second-order valence-electron chi connectivity index (χ2n) is 5.86. The van der Waals surface area contributed by atoms with E-state index in [9.17, 15) is 10.1 Å². The van der Waals surface area contributed by atoms with Crippen molar-refractivity contribution >= 4 is 34.8 Å². The lowest BCUT2D eigenvalue weighted by Gasteiger charge is -2.28. The molecule has 1 amide bonds. The van der Waals surface area contributed by atoms with Gasteiger partial charge >= 0.3 is 0 Å². The zero-order valence-electron chi connectivity index (χ0n) is 14.3. The van der Waals surface area contributed by atoms with Crippen LogP contribution in [0.4, 0.5) is 5.69 Å². The number of rotatable bonds is 3. The summed E-state index contributed by atoms with van der Waals surface area (Å²) in [6.07, 6.45) is 0. The molecular weight excluding hydrogens is 385 g/mol. The number of halogens is 2. The van der Waals surface area contributed by atoms with E-state index in [2.05, 4.69) is 5.32 Å². The first-order valence-electron chi connectivity index (χ1n) is 8.02. The third-order valence-corrected chi connectivity index (χ3v) is 5.01. The molecule has 7 heteroatoms. The molecule has 0 fully saturated rings. The minimum absolute atomic E-state index is 0.0627. The lowest BCUT2D eigenvalue weighted by Crippen LogP contribution is -2.28. The molecule has 1 heterocycles.